The number of nitrogens with zero attached hydrogens (tertiary/aromatic N) is 2. The van der Waals surface area contributed by atoms with Gasteiger partial charge in [0.15, 0.2) is 0 Å². The van der Waals surface area contributed by atoms with Crippen LogP contribution < -0.4 is 0 Å². The van der Waals surface area contributed by atoms with E-state index in [-0.39, 0.29) is 10.8 Å². The first-order chi connectivity index (χ1) is 9.04. The molecule has 1 aromatic carbocycles. The molecule has 106 valence electrons. The zero-order chi connectivity index (χ0) is 15.7. The van der Waals surface area contributed by atoms with Gasteiger partial charge >= 0.3 is 0 Å². The van der Waals surface area contributed by atoms with Crippen LogP contribution >= 0.6 is 15.9 Å². The van der Waals surface area contributed by atoms with Gasteiger partial charge in [-0.25, -0.2) is 0 Å². The Bertz CT molecular complexity index is 602. The number of hydrogen-bond donors (Lipinski definition) is 0. The van der Waals surface area contributed by atoms with Crippen molar-refractivity contribution in [3.05, 3.63) is 32.8 Å². The minimum absolute atomic E-state index is 0.112. The molecule has 0 bridgehead atoms. The Morgan fingerprint density at radius 2 is 1.60 bits per heavy atom. The van der Waals surface area contributed by atoms with Crippen molar-refractivity contribution in [3.8, 4) is 12.1 Å². The highest BCUT2D eigenvalue weighted by Gasteiger charge is 2.29. The van der Waals surface area contributed by atoms with Crippen molar-refractivity contribution in [3.63, 3.8) is 0 Å². The Balaban J connectivity index is 3.89. The second kappa shape index (κ2) is 5.58. The molecule has 0 N–H and O–H groups in total. The molecule has 0 aliphatic carbocycles. The van der Waals surface area contributed by atoms with Crippen LogP contribution in [-0.4, -0.2) is 0 Å². The predicted octanol–water partition coefficient (Wildman–Crippen LogP) is 4.98. The molecule has 0 aliphatic rings. The van der Waals surface area contributed by atoms with Crippen LogP contribution in [-0.2, 0) is 17.3 Å². The summed E-state index contributed by atoms with van der Waals surface area (Å²) in [5.74, 6) is 0. The molecule has 0 amide bonds. The summed E-state index contributed by atoms with van der Waals surface area (Å²) in [6.07, 6.45) is 0.312. The molecule has 3 heteroatoms. The predicted molar refractivity (Wildman–Crippen MR) is 85.6 cm³/mol. The van der Waals surface area contributed by atoms with Gasteiger partial charge in [0.25, 0.3) is 0 Å². The van der Waals surface area contributed by atoms with Crippen molar-refractivity contribution >= 4 is 15.9 Å². The Kier molecular flexibility index (Phi) is 4.67. The smallest absolute Gasteiger partial charge is 0.0997 e. The molecule has 0 atom stereocenters. The van der Waals surface area contributed by atoms with Crippen LogP contribution in [0.25, 0.3) is 0 Å². The van der Waals surface area contributed by atoms with E-state index in [9.17, 15) is 5.26 Å². The number of nitriles is 2. The fraction of sp³-hybridized carbons (Fsp3) is 0.529. The minimum Gasteiger partial charge on any atom is -0.198 e. The molecule has 0 saturated heterocycles. The van der Waals surface area contributed by atoms with Crippen molar-refractivity contribution in [1.29, 1.82) is 10.5 Å². The molecular formula is C17H21BrN2. The molecule has 1 rings (SSSR count). The first-order valence-corrected chi connectivity index (χ1v) is 7.46. The monoisotopic (exact) mass is 332 g/mol. The first-order valence-electron chi connectivity index (χ1n) is 6.67. The maximum atomic E-state index is 9.66. The fourth-order valence-corrected chi connectivity index (χ4v) is 3.05. The lowest BCUT2D eigenvalue weighted by Crippen LogP contribution is -2.22. The molecule has 0 heterocycles. The van der Waals surface area contributed by atoms with Gasteiger partial charge in [-0.05, 0) is 33.6 Å². The van der Waals surface area contributed by atoms with Gasteiger partial charge in [0.05, 0.1) is 24.1 Å². The van der Waals surface area contributed by atoms with Crippen molar-refractivity contribution in [2.75, 3.05) is 0 Å². The minimum atomic E-state index is -0.180. The van der Waals surface area contributed by atoms with Crippen LogP contribution in [0.3, 0.4) is 0 Å². The molecule has 0 saturated carbocycles. The maximum Gasteiger partial charge on any atom is 0.0997 e. The zero-order valence-corrected chi connectivity index (χ0v) is 14.6. The molecule has 0 aliphatic heterocycles. The Morgan fingerprint density at radius 1 is 1.05 bits per heavy atom. The normalized spacial score (nSPS) is 11.8. The van der Waals surface area contributed by atoms with Crippen LogP contribution in [0.2, 0.25) is 0 Å². The first kappa shape index (κ1) is 16.7. The van der Waals surface area contributed by atoms with Crippen LogP contribution in [0.15, 0.2) is 10.5 Å². The van der Waals surface area contributed by atoms with Crippen molar-refractivity contribution in [2.24, 2.45) is 0 Å². The second-order valence-corrected chi connectivity index (χ2v) is 7.94. The van der Waals surface area contributed by atoms with E-state index in [2.05, 4.69) is 69.6 Å². The molecule has 0 radical (unpaired) electrons. The molecule has 0 aromatic heterocycles. The Labute approximate surface area is 130 Å². The van der Waals surface area contributed by atoms with Crippen molar-refractivity contribution < 1.29 is 0 Å². The largest absolute Gasteiger partial charge is 0.198 e. The van der Waals surface area contributed by atoms with Gasteiger partial charge in [-0.2, -0.15) is 10.5 Å². The van der Waals surface area contributed by atoms with Crippen molar-refractivity contribution in [1.82, 2.24) is 0 Å². The van der Waals surface area contributed by atoms with E-state index >= 15 is 0 Å². The van der Waals surface area contributed by atoms with E-state index in [0.29, 0.717) is 6.42 Å². The van der Waals surface area contributed by atoms with Crippen LogP contribution in [0.5, 0.6) is 0 Å². The van der Waals surface area contributed by atoms with Crippen LogP contribution in [0, 0.1) is 22.7 Å². The molecule has 0 spiro atoms. The van der Waals surface area contributed by atoms with Crippen LogP contribution in [0.1, 0.15) is 63.8 Å². The Hall–Kier alpha value is -1.32. The summed E-state index contributed by atoms with van der Waals surface area (Å²) in [7, 11) is 0. The van der Waals surface area contributed by atoms with Gasteiger partial charge in [-0.15, -0.1) is 0 Å². The highest BCUT2D eigenvalue weighted by Crippen LogP contribution is 2.39. The highest BCUT2D eigenvalue weighted by molar-refractivity contribution is 9.10. The number of halogens is 1. The lowest BCUT2D eigenvalue weighted by Gasteiger charge is -2.30. The van der Waals surface area contributed by atoms with E-state index in [1.54, 1.807) is 0 Å². The Morgan fingerprint density at radius 3 is 1.95 bits per heavy atom. The van der Waals surface area contributed by atoms with Gasteiger partial charge < -0.3 is 0 Å². The van der Waals surface area contributed by atoms with Gasteiger partial charge in [0, 0.05) is 4.47 Å². The third-order valence-electron chi connectivity index (χ3n) is 3.31. The second-order valence-electron chi connectivity index (χ2n) is 7.08. The summed E-state index contributed by atoms with van der Waals surface area (Å²) in [5.41, 5.74) is 3.38. The quantitative estimate of drug-likeness (QED) is 0.727. The summed E-state index contributed by atoms with van der Waals surface area (Å²) in [6.45, 7) is 12.6. The van der Waals surface area contributed by atoms with Gasteiger partial charge in [0.2, 0.25) is 0 Å². The number of benzene rings is 1. The summed E-state index contributed by atoms with van der Waals surface area (Å²) in [6, 6.07) is 6.58. The molecule has 0 fully saturated rings. The average molecular weight is 333 g/mol. The average Bonchev–Trinajstić information content (AvgIpc) is 2.28. The van der Waals surface area contributed by atoms with E-state index in [4.69, 9.17) is 5.26 Å². The van der Waals surface area contributed by atoms with Gasteiger partial charge in [-0.3, -0.25) is 0 Å². The van der Waals surface area contributed by atoms with E-state index in [1.807, 2.05) is 6.07 Å². The lowest BCUT2D eigenvalue weighted by atomic mass is 9.74. The number of hydrogen-bond acceptors (Lipinski definition) is 2. The fourth-order valence-electron chi connectivity index (χ4n) is 2.48. The summed E-state index contributed by atoms with van der Waals surface area (Å²) in [5, 5.41) is 18.7. The van der Waals surface area contributed by atoms with E-state index in [1.165, 1.54) is 0 Å². The SMILES string of the molecule is CC(C)(C)c1cc(Br)c(CC#N)c(C(C)(C)C)c1C#N. The van der Waals surface area contributed by atoms with Gasteiger partial charge in [0.1, 0.15) is 0 Å². The molecule has 0 unspecified atom stereocenters. The van der Waals surface area contributed by atoms with E-state index in [0.717, 1.165) is 26.7 Å². The summed E-state index contributed by atoms with van der Waals surface area (Å²) < 4.78 is 0.924. The van der Waals surface area contributed by atoms with E-state index < -0.39 is 0 Å². The summed E-state index contributed by atoms with van der Waals surface area (Å²) >= 11 is 3.59. The third-order valence-corrected chi connectivity index (χ3v) is 4.01. The molecule has 2 nitrogen and oxygen atoms in total. The standard InChI is InChI=1S/C17H21BrN2/c1-16(2,3)13-9-14(18)11(7-8-19)15(12(13)10-20)17(4,5)6/h9H,7H2,1-6H3. The third kappa shape index (κ3) is 3.22. The van der Waals surface area contributed by atoms with Crippen molar-refractivity contribution in [2.45, 2.75) is 58.8 Å². The van der Waals surface area contributed by atoms with Gasteiger partial charge in [-0.1, -0.05) is 57.5 Å². The maximum absolute atomic E-state index is 9.66. The zero-order valence-electron chi connectivity index (χ0n) is 13.1. The highest BCUT2D eigenvalue weighted by atomic mass is 79.9. The topological polar surface area (TPSA) is 47.6 Å². The molecule has 20 heavy (non-hydrogen) atoms. The molecular weight excluding hydrogens is 312 g/mol. The number of rotatable bonds is 1. The lowest BCUT2D eigenvalue weighted by molar-refractivity contribution is 0.560. The van der Waals surface area contributed by atoms with Crippen LogP contribution in [0.4, 0.5) is 0 Å². The summed E-state index contributed by atoms with van der Waals surface area (Å²) in [4.78, 5) is 0. The molecule has 1 aromatic rings.